The molecule has 0 saturated heterocycles. The number of nitrogens with two attached hydrogens (primary N) is 1. The summed E-state index contributed by atoms with van der Waals surface area (Å²) in [5, 5.41) is 12.4. The van der Waals surface area contributed by atoms with Gasteiger partial charge in [0.25, 0.3) is 0 Å². The Labute approximate surface area is 205 Å². The van der Waals surface area contributed by atoms with Crippen molar-refractivity contribution in [2.45, 2.75) is 83.7 Å². The predicted molar refractivity (Wildman–Crippen MR) is 138 cm³/mol. The van der Waals surface area contributed by atoms with E-state index in [0.717, 1.165) is 30.5 Å². The van der Waals surface area contributed by atoms with E-state index in [4.69, 9.17) is 5.73 Å². The number of aromatic nitrogens is 2. The lowest BCUT2D eigenvalue weighted by Crippen LogP contribution is -2.23. The lowest BCUT2D eigenvalue weighted by atomic mass is 9.95. The van der Waals surface area contributed by atoms with Crippen LogP contribution in [0.3, 0.4) is 0 Å². The Morgan fingerprint density at radius 1 is 1.21 bits per heavy atom. The van der Waals surface area contributed by atoms with Crippen LogP contribution in [-0.4, -0.2) is 46.5 Å². The second kappa shape index (κ2) is 17.9. The molecular weight excluding hydrogens is 428 g/mol. The Kier molecular flexibility index (Phi) is 15.5. The molecule has 1 heterocycles. The van der Waals surface area contributed by atoms with Gasteiger partial charge in [-0.25, -0.2) is 4.98 Å². The van der Waals surface area contributed by atoms with Crippen LogP contribution in [0.15, 0.2) is 42.9 Å². The van der Waals surface area contributed by atoms with Gasteiger partial charge in [-0.2, -0.15) is 0 Å². The van der Waals surface area contributed by atoms with Gasteiger partial charge in [-0.1, -0.05) is 63.4 Å². The van der Waals surface area contributed by atoms with Gasteiger partial charge in [-0.05, 0) is 51.3 Å². The van der Waals surface area contributed by atoms with Gasteiger partial charge in [0.2, 0.25) is 0 Å². The number of aldehydes is 1. The zero-order chi connectivity index (χ0) is 25.2. The van der Waals surface area contributed by atoms with Crippen molar-refractivity contribution in [1.29, 1.82) is 0 Å². The van der Waals surface area contributed by atoms with E-state index in [2.05, 4.69) is 21.1 Å². The van der Waals surface area contributed by atoms with Crippen LogP contribution in [0.4, 0.5) is 0 Å². The van der Waals surface area contributed by atoms with Crippen molar-refractivity contribution in [3.8, 4) is 0 Å². The van der Waals surface area contributed by atoms with Crippen LogP contribution in [0, 0.1) is 5.92 Å². The number of imidazole rings is 1. The molecule has 4 N–H and O–H groups in total. The fraction of sp³-hybridized carbons (Fsp3) is 0.593. The van der Waals surface area contributed by atoms with Crippen molar-refractivity contribution in [2.24, 2.45) is 11.7 Å². The SMILES string of the molecule is CC.CNCCCC(Cc1cn(C2CCCCC2)cn1)C(=O)O.N[C@H](C=O)Cc1ccccc1. The lowest BCUT2D eigenvalue weighted by Gasteiger charge is -2.22. The lowest BCUT2D eigenvalue weighted by molar-refractivity contribution is -0.142. The molecule has 1 aromatic heterocycles. The van der Waals surface area contributed by atoms with Crippen molar-refractivity contribution in [1.82, 2.24) is 14.9 Å². The maximum Gasteiger partial charge on any atom is 0.306 e. The normalized spacial score (nSPS) is 15.2. The summed E-state index contributed by atoms with van der Waals surface area (Å²) < 4.78 is 2.20. The van der Waals surface area contributed by atoms with Crippen LogP contribution in [-0.2, 0) is 22.4 Å². The first-order valence-corrected chi connectivity index (χ1v) is 12.7. The van der Waals surface area contributed by atoms with Gasteiger partial charge in [0.1, 0.15) is 6.29 Å². The van der Waals surface area contributed by atoms with Gasteiger partial charge in [0, 0.05) is 18.7 Å². The number of carbonyl (C=O) groups is 2. The molecule has 34 heavy (non-hydrogen) atoms. The fourth-order valence-corrected chi connectivity index (χ4v) is 4.09. The number of rotatable bonds is 11. The van der Waals surface area contributed by atoms with Gasteiger partial charge in [-0.15, -0.1) is 0 Å². The number of carbonyl (C=O) groups excluding carboxylic acids is 1. The first kappa shape index (κ1) is 29.5. The molecule has 2 aromatic rings. The van der Waals surface area contributed by atoms with Gasteiger partial charge in [0.05, 0.1) is 24.0 Å². The summed E-state index contributed by atoms with van der Waals surface area (Å²) in [6.45, 7) is 4.86. The highest BCUT2D eigenvalue weighted by atomic mass is 16.4. The van der Waals surface area contributed by atoms with Gasteiger partial charge in [0.15, 0.2) is 0 Å². The summed E-state index contributed by atoms with van der Waals surface area (Å²) in [7, 11) is 1.89. The minimum Gasteiger partial charge on any atom is -0.481 e. The van der Waals surface area contributed by atoms with Crippen molar-refractivity contribution < 1.29 is 14.7 Å². The average molecular weight is 473 g/mol. The van der Waals surface area contributed by atoms with Crippen LogP contribution in [0.5, 0.6) is 0 Å². The Morgan fingerprint density at radius 3 is 2.47 bits per heavy atom. The highest BCUT2D eigenvalue weighted by Crippen LogP contribution is 2.28. The third kappa shape index (κ3) is 11.6. The van der Waals surface area contributed by atoms with E-state index in [1.165, 1.54) is 32.1 Å². The van der Waals surface area contributed by atoms with Crippen molar-refractivity contribution >= 4 is 12.3 Å². The molecule has 1 aliphatic rings. The smallest absolute Gasteiger partial charge is 0.306 e. The number of hydrogen-bond acceptors (Lipinski definition) is 5. The molecular formula is C27H44N4O3. The molecule has 1 unspecified atom stereocenters. The molecule has 0 aliphatic heterocycles. The molecule has 190 valence electrons. The van der Waals surface area contributed by atoms with Crippen molar-refractivity contribution in [3.05, 3.63) is 54.1 Å². The number of carboxylic acid groups (broad SMARTS) is 1. The highest BCUT2D eigenvalue weighted by Gasteiger charge is 2.20. The second-order valence-corrected chi connectivity index (χ2v) is 8.58. The molecule has 0 bridgehead atoms. The Morgan fingerprint density at radius 2 is 1.88 bits per heavy atom. The monoisotopic (exact) mass is 472 g/mol. The van der Waals surface area contributed by atoms with Crippen LogP contribution < -0.4 is 11.1 Å². The summed E-state index contributed by atoms with van der Waals surface area (Å²) in [4.78, 5) is 26.0. The number of aliphatic carboxylic acids is 1. The van der Waals surface area contributed by atoms with Gasteiger partial charge >= 0.3 is 5.97 Å². The fourth-order valence-electron chi connectivity index (χ4n) is 4.09. The molecule has 2 atom stereocenters. The highest BCUT2D eigenvalue weighted by molar-refractivity contribution is 5.70. The molecule has 1 fully saturated rings. The largest absolute Gasteiger partial charge is 0.481 e. The topological polar surface area (TPSA) is 110 Å². The number of nitrogens with zero attached hydrogens (tertiary/aromatic N) is 2. The van der Waals surface area contributed by atoms with Crippen LogP contribution in [0.2, 0.25) is 0 Å². The van der Waals surface area contributed by atoms with E-state index >= 15 is 0 Å². The standard InChI is InChI=1S/C16H27N3O2.C9H11NO.C2H6/c1-17-9-5-6-13(16(20)21)10-14-11-19(12-18-14)15-7-3-2-4-8-15;10-9(7-11)6-8-4-2-1-3-5-8;1-2/h11-13,15,17H,2-10H2,1H3,(H,20,21);1-5,7,9H,6,10H2;1-2H3/t;9-;/m.0./s1. The molecule has 7 heteroatoms. The summed E-state index contributed by atoms with van der Waals surface area (Å²) in [5.74, 6) is -1.04. The van der Waals surface area contributed by atoms with Crippen LogP contribution in [0.1, 0.15) is 76.1 Å². The molecule has 0 amide bonds. The minimum absolute atomic E-state index is 0.326. The van der Waals surface area contributed by atoms with Crippen LogP contribution >= 0.6 is 0 Å². The minimum atomic E-state index is -0.710. The molecule has 1 aliphatic carbocycles. The molecule has 7 nitrogen and oxygen atoms in total. The molecule has 0 spiro atoms. The molecule has 0 radical (unpaired) electrons. The third-order valence-electron chi connectivity index (χ3n) is 5.92. The summed E-state index contributed by atoms with van der Waals surface area (Å²) >= 11 is 0. The first-order valence-electron chi connectivity index (χ1n) is 12.7. The van der Waals surface area contributed by atoms with E-state index in [0.29, 0.717) is 25.3 Å². The Balaban J connectivity index is 0.000000374. The summed E-state index contributed by atoms with van der Waals surface area (Å²) in [6, 6.07) is 9.94. The second-order valence-electron chi connectivity index (χ2n) is 8.58. The number of carboxylic acids is 1. The van der Waals surface area contributed by atoms with Crippen LogP contribution in [0.25, 0.3) is 0 Å². The zero-order valence-electron chi connectivity index (χ0n) is 21.2. The van der Waals surface area contributed by atoms with E-state index in [9.17, 15) is 14.7 Å². The average Bonchev–Trinajstić information content (AvgIpc) is 3.35. The molecule has 1 aromatic carbocycles. The molecule has 1 saturated carbocycles. The van der Waals surface area contributed by atoms with Gasteiger partial charge in [-0.3, -0.25) is 4.79 Å². The third-order valence-corrected chi connectivity index (χ3v) is 5.92. The summed E-state index contributed by atoms with van der Waals surface area (Å²) in [6.07, 6.45) is 13.8. The first-order chi connectivity index (χ1) is 16.5. The van der Waals surface area contributed by atoms with E-state index in [1.54, 1.807) is 0 Å². The maximum atomic E-state index is 11.4. The quantitative estimate of drug-likeness (QED) is 0.330. The van der Waals surface area contributed by atoms with Crippen molar-refractivity contribution in [2.75, 3.05) is 13.6 Å². The van der Waals surface area contributed by atoms with E-state index in [1.807, 2.05) is 57.6 Å². The number of hydrogen-bond donors (Lipinski definition) is 3. The Bertz CT molecular complexity index is 788. The summed E-state index contributed by atoms with van der Waals surface area (Å²) in [5.41, 5.74) is 7.46. The maximum absolute atomic E-state index is 11.4. The van der Waals surface area contributed by atoms with Gasteiger partial charge < -0.3 is 25.5 Å². The van der Waals surface area contributed by atoms with E-state index in [-0.39, 0.29) is 12.0 Å². The van der Waals surface area contributed by atoms with E-state index < -0.39 is 5.97 Å². The number of nitrogens with one attached hydrogen (secondary N) is 1. The predicted octanol–water partition coefficient (Wildman–Crippen LogP) is 4.41. The number of benzene rings is 1. The van der Waals surface area contributed by atoms with Crippen molar-refractivity contribution in [3.63, 3.8) is 0 Å². The zero-order valence-corrected chi connectivity index (χ0v) is 21.2. The Hall–Kier alpha value is -2.51. The molecule has 3 rings (SSSR count).